The molecule has 0 spiro atoms. The quantitative estimate of drug-likeness (QED) is 0.802. The van der Waals surface area contributed by atoms with Crippen LogP contribution in [0.3, 0.4) is 0 Å². The number of hydrogen-bond acceptors (Lipinski definition) is 4. The van der Waals surface area contributed by atoms with Crippen LogP contribution in [0.25, 0.3) is 0 Å². The van der Waals surface area contributed by atoms with Crippen molar-refractivity contribution in [1.29, 1.82) is 0 Å². The lowest BCUT2D eigenvalue weighted by atomic mass is 10.3. The summed E-state index contributed by atoms with van der Waals surface area (Å²) >= 11 is 11.6. The summed E-state index contributed by atoms with van der Waals surface area (Å²) in [4.78, 5) is 0. The Hall–Kier alpha value is -1.28. The molecule has 19 heavy (non-hydrogen) atoms. The molecular formula is C10H9Cl2N3O3S. The zero-order valence-electron chi connectivity index (χ0n) is 9.39. The molecule has 102 valence electrons. The molecule has 1 aromatic heterocycles. The Balaban J connectivity index is 2.36. The van der Waals surface area contributed by atoms with Crippen LogP contribution in [0.1, 0.15) is 5.56 Å². The number of benzene rings is 1. The number of aromatic nitrogens is 2. The smallest absolute Gasteiger partial charge is 0.279 e. The summed E-state index contributed by atoms with van der Waals surface area (Å²) in [5.41, 5.74) is 0.386. The zero-order valence-corrected chi connectivity index (χ0v) is 11.7. The van der Waals surface area contributed by atoms with Crippen molar-refractivity contribution in [2.24, 2.45) is 0 Å². The Bertz CT molecular complexity index is 680. The van der Waals surface area contributed by atoms with Gasteiger partial charge in [0.05, 0.1) is 18.5 Å². The van der Waals surface area contributed by atoms with Crippen LogP contribution in [0.4, 0.5) is 5.69 Å². The Labute approximate surface area is 119 Å². The Morgan fingerprint density at radius 1 is 1.26 bits per heavy atom. The lowest BCUT2D eigenvalue weighted by molar-refractivity contribution is 0.278. The maximum Gasteiger partial charge on any atom is 0.279 e. The monoisotopic (exact) mass is 321 g/mol. The number of aliphatic hydroxyl groups is 1. The number of anilines is 1. The van der Waals surface area contributed by atoms with Crippen molar-refractivity contribution in [1.82, 2.24) is 10.2 Å². The molecular weight excluding hydrogens is 313 g/mol. The van der Waals surface area contributed by atoms with E-state index in [1.54, 1.807) is 0 Å². The summed E-state index contributed by atoms with van der Waals surface area (Å²) in [6.07, 6.45) is 1.24. The number of nitrogens with zero attached hydrogens (tertiary/aromatic N) is 1. The fourth-order valence-electron chi connectivity index (χ4n) is 1.46. The second-order valence-electron chi connectivity index (χ2n) is 3.65. The van der Waals surface area contributed by atoms with E-state index in [-0.39, 0.29) is 16.3 Å². The van der Waals surface area contributed by atoms with Gasteiger partial charge in [-0.25, -0.2) is 0 Å². The number of sulfonamides is 1. The van der Waals surface area contributed by atoms with Gasteiger partial charge in [0.2, 0.25) is 0 Å². The van der Waals surface area contributed by atoms with Crippen molar-refractivity contribution in [2.45, 2.75) is 11.6 Å². The van der Waals surface area contributed by atoms with Gasteiger partial charge in [0.25, 0.3) is 10.0 Å². The van der Waals surface area contributed by atoms with E-state index in [4.69, 9.17) is 28.3 Å². The molecule has 0 bridgehead atoms. The normalized spacial score (nSPS) is 11.5. The van der Waals surface area contributed by atoms with Crippen LogP contribution >= 0.6 is 23.2 Å². The molecule has 0 saturated heterocycles. The molecule has 1 heterocycles. The number of H-pyrrole nitrogens is 1. The van der Waals surface area contributed by atoms with Gasteiger partial charge in [0.1, 0.15) is 0 Å². The molecule has 0 amide bonds. The number of nitrogens with one attached hydrogen (secondary N) is 2. The third kappa shape index (κ3) is 3.19. The highest BCUT2D eigenvalue weighted by Crippen LogP contribution is 2.24. The Morgan fingerprint density at radius 2 is 1.89 bits per heavy atom. The second kappa shape index (κ2) is 5.38. The first-order valence-electron chi connectivity index (χ1n) is 5.04. The van der Waals surface area contributed by atoms with Crippen LogP contribution in [0, 0.1) is 0 Å². The molecule has 0 unspecified atom stereocenters. The average molecular weight is 322 g/mol. The van der Waals surface area contributed by atoms with Gasteiger partial charge in [-0.1, -0.05) is 23.2 Å². The number of aromatic amines is 1. The van der Waals surface area contributed by atoms with E-state index in [2.05, 4.69) is 14.9 Å². The maximum absolute atomic E-state index is 12.1. The number of halogens is 2. The van der Waals surface area contributed by atoms with Crippen molar-refractivity contribution in [3.63, 3.8) is 0 Å². The highest BCUT2D eigenvalue weighted by molar-refractivity contribution is 7.92. The first-order valence-corrected chi connectivity index (χ1v) is 7.28. The van der Waals surface area contributed by atoms with Crippen LogP contribution < -0.4 is 4.72 Å². The van der Waals surface area contributed by atoms with Crippen LogP contribution in [-0.2, 0) is 16.6 Å². The average Bonchev–Trinajstić information content (AvgIpc) is 2.75. The van der Waals surface area contributed by atoms with E-state index >= 15 is 0 Å². The molecule has 0 radical (unpaired) electrons. The summed E-state index contributed by atoms with van der Waals surface area (Å²) < 4.78 is 26.5. The van der Waals surface area contributed by atoms with Gasteiger partial charge in [0.15, 0.2) is 5.03 Å². The van der Waals surface area contributed by atoms with E-state index < -0.39 is 16.6 Å². The van der Waals surface area contributed by atoms with E-state index in [0.29, 0.717) is 10.0 Å². The van der Waals surface area contributed by atoms with Gasteiger partial charge in [-0.05, 0) is 18.2 Å². The van der Waals surface area contributed by atoms with Crippen LogP contribution in [0.5, 0.6) is 0 Å². The molecule has 9 heteroatoms. The number of rotatable bonds is 4. The van der Waals surface area contributed by atoms with Crippen LogP contribution in [0.15, 0.2) is 29.4 Å². The summed E-state index contributed by atoms with van der Waals surface area (Å²) in [6.45, 7) is -0.441. The van der Waals surface area contributed by atoms with Crippen LogP contribution in [0.2, 0.25) is 10.0 Å². The zero-order chi connectivity index (χ0) is 14.0. The molecule has 0 fully saturated rings. The van der Waals surface area contributed by atoms with E-state index in [9.17, 15) is 8.42 Å². The fraction of sp³-hybridized carbons (Fsp3) is 0.100. The minimum atomic E-state index is -3.89. The molecule has 0 aliphatic rings. The highest BCUT2D eigenvalue weighted by atomic mass is 35.5. The molecule has 6 nitrogen and oxygen atoms in total. The number of hydrogen-bond donors (Lipinski definition) is 3. The van der Waals surface area contributed by atoms with Crippen molar-refractivity contribution >= 4 is 38.9 Å². The molecule has 3 N–H and O–H groups in total. The largest absolute Gasteiger partial charge is 0.392 e. The van der Waals surface area contributed by atoms with Crippen molar-refractivity contribution in [3.05, 3.63) is 40.0 Å². The molecule has 0 aliphatic carbocycles. The molecule has 2 rings (SSSR count). The third-order valence-corrected chi connectivity index (χ3v) is 4.06. The molecule has 0 atom stereocenters. The van der Waals surface area contributed by atoms with E-state index in [1.165, 1.54) is 24.4 Å². The Morgan fingerprint density at radius 3 is 2.47 bits per heavy atom. The van der Waals surface area contributed by atoms with Gasteiger partial charge in [-0.3, -0.25) is 9.82 Å². The van der Waals surface area contributed by atoms with Gasteiger partial charge in [-0.15, -0.1) is 0 Å². The Kier molecular flexibility index (Phi) is 4.00. The summed E-state index contributed by atoms with van der Waals surface area (Å²) in [5.74, 6) is 0. The highest BCUT2D eigenvalue weighted by Gasteiger charge is 2.20. The molecule has 0 aliphatic heterocycles. The first kappa shape index (κ1) is 14.1. The van der Waals surface area contributed by atoms with E-state index in [0.717, 1.165) is 0 Å². The minimum absolute atomic E-state index is 0.167. The minimum Gasteiger partial charge on any atom is -0.392 e. The summed E-state index contributed by atoms with van der Waals surface area (Å²) in [5, 5.41) is 15.3. The lowest BCUT2D eigenvalue weighted by Gasteiger charge is -2.08. The standard InChI is InChI=1S/C10H9Cl2N3O3S/c11-7-1-8(12)3-9(2-7)15-19(17,18)10-6(5-16)4-13-14-10/h1-4,15-16H,5H2,(H,13,14). The third-order valence-electron chi connectivity index (χ3n) is 2.23. The van der Waals surface area contributed by atoms with Gasteiger partial charge in [-0.2, -0.15) is 13.5 Å². The van der Waals surface area contributed by atoms with Crippen molar-refractivity contribution in [3.8, 4) is 0 Å². The summed E-state index contributed by atoms with van der Waals surface area (Å²) in [7, 11) is -3.89. The fourth-order valence-corrected chi connectivity index (χ4v) is 3.16. The van der Waals surface area contributed by atoms with Crippen molar-refractivity contribution in [2.75, 3.05) is 4.72 Å². The molecule has 1 aromatic carbocycles. The first-order chi connectivity index (χ1) is 8.92. The maximum atomic E-state index is 12.1. The topological polar surface area (TPSA) is 95.1 Å². The summed E-state index contributed by atoms with van der Waals surface area (Å²) in [6, 6.07) is 4.32. The molecule has 2 aromatic rings. The van der Waals surface area contributed by atoms with Crippen molar-refractivity contribution < 1.29 is 13.5 Å². The van der Waals surface area contributed by atoms with E-state index in [1.807, 2.05) is 0 Å². The van der Waals surface area contributed by atoms with Gasteiger partial charge < -0.3 is 5.11 Å². The van der Waals surface area contributed by atoms with Gasteiger partial charge >= 0.3 is 0 Å². The predicted molar refractivity (Wildman–Crippen MR) is 71.8 cm³/mol. The molecule has 0 saturated carbocycles. The van der Waals surface area contributed by atoms with Crippen LogP contribution in [-0.4, -0.2) is 23.7 Å². The number of aliphatic hydroxyl groups excluding tert-OH is 1. The second-order valence-corrected chi connectivity index (χ2v) is 6.14. The SMILES string of the molecule is O=S(=O)(Nc1cc(Cl)cc(Cl)c1)c1[nH]ncc1CO. The van der Waals surface area contributed by atoms with Gasteiger partial charge in [0, 0.05) is 15.6 Å². The lowest BCUT2D eigenvalue weighted by Crippen LogP contribution is -2.15. The predicted octanol–water partition coefficient (Wildman–Crippen LogP) is 2.01.